The number of aryl methyl sites for hydroxylation is 1. The van der Waals surface area contributed by atoms with Gasteiger partial charge < -0.3 is 10.2 Å². The molecule has 2 atom stereocenters. The second kappa shape index (κ2) is 7.81. The van der Waals surface area contributed by atoms with Gasteiger partial charge in [0.2, 0.25) is 5.91 Å². The minimum absolute atomic E-state index is 0. The number of nitrogens with one attached hydrogen (secondary N) is 1. The molecule has 118 valence electrons. The molecule has 1 aromatic rings. The lowest BCUT2D eigenvalue weighted by molar-refractivity contribution is -0.137. The van der Waals surface area contributed by atoms with Gasteiger partial charge in [0, 0.05) is 19.0 Å². The molecule has 2 rings (SSSR count). The number of likely N-dealkylation sites (N-methyl/N-ethyl adjacent to an activating group) is 1. The monoisotopic (exact) mass is 310 g/mol. The molecule has 4 heteroatoms. The Kier molecular flexibility index (Phi) is 6.69. The van der Waals surface area contributed by atoms with Gasteiger partial charge in [-0.15, -0.1) is 12.4 Å². The number of carbonyl (C=O) groups is 1. The summed E-state index contributed by atoms with van der Waals surface area (Å²) >= 11 is 0. The first-order chi connectivity index (χ1) is 9.49. The van der Waals surface area contributed by atoms with Gasteiger partial charge in [-0.1, -0.05) is 36.8 Å². The van der Waals surface area contributed by atoms with Crippen LogP contribution in [0.1, 0.15) is 25.0 Å². The Hall–Kier alpha value is -1.06. The van der Waals surface area contributed by atoms with Gasteiger partial charge in [-0.05, 0) is 44.8 Å². The van der Waals surface area contributed by atoms with E-state index in [0.29, 0.717) is 5.92 Å². The zero-order chi connectivity index (χ0) is 14.7. The zero-order valence-electron chi connectivity index (χ0n) is 13.4. The van der Waals surface area contributed by atoms with Crippen LogP contribution < -0.4 is 5.32 Å². The van der Waals surface area contributed by atoms with Crippen molar-refractivity contribution in [3.05, 3.63) is 35.4 Å². The van der Waals surface area contributed by atoms with E-state index in [1.54, 1.807) is 0 Å². The predicted molar refractivity (Wildman–Crippen MR) is 89.9 cm³/mol. The first-order valence-electron chi connectivity index (χ1n) is 7.52. The fourth-order valence-corrected chi connectivity index (χ4v) is 2.61. The number of hydrogen-bond acceptors (Lipinski definition) is 2. The number of carbonyl (C=O) groups excluding carboxylic acids is 1. The number of hydrogen-bond donors (Lipinski definition) is 1. The lowest BCUT2D eigenvalue weighted by Crippen LogP contribution is -2.51. The highest BCUT2D eigenvalue weighted by Crippen LogP contribution is 2.19. The SMILES string of the molecule is Cc1ccc(CC(C)N(C)C(=O)C(C)C2CNC2)cc1.Cl. The van der Waals surface area contributed by atoms with Crippen LogP contribution in [0.5, 0.6) is 0 Å². The van der Waals surface area contributed by atoms with E-state index < -0.39 is 0 Å². The van der Waals surface area contributed by atoms with E-state index in [1.165, 1.54) is 11.1 Å². The summed E-state index contributed by atoms with van der Waals surface area (Å²) in [6, 6.07) is 8.81. The molecule has 1 N–H and O–H groups in total. The number of benzene rings is 1. The third-order valence-electron chi connectivity index (χ3n) is 4.57. The molecule has 1 aromatic carbocycles. The lowest BCUT2D eigenvalue weighted by atomic mass is 9.87. The lowest BCUT2D eigenvalue weighted by Gasteiger charge is -2.35. The Morgan fingerprint density at radius 1 is 1.29 bits per heavy atom. The normalized spacial score (nSPS) is 17.3. The Morgan fingerprint density at radius 3 is 2.33 bits per heavy atom. The van der Waals surface area contributed by atoms with Crippen molar-refractivity contribution in [2.45, 2.75) is 33.2 Å². The van der Waals surface area contributed by atoms with Crippen LogP contribution in [0.25, 0.3) is 0 Å². The third kappa shape index (κ3) is 4.45. The standard InChI is InChI=1S/C17H26N2O.ClH/c1-12-5-7-15(8-6-12)9-13(2)19(4)17(20)14(3)16-10-18-11-16;/h5-8,13-14,16,18H,9-11H2,1-4H3;1H. The average molecular weight is 311 g/mol. The molecule has 3 nitrogen and oxygen atoms in total. The fraction of sp³-hybridized carbons (Fsp3) is 0.588. The molecule has 1 saturated heterocycles. The third-order valence-corrected chi connectivity index (χ3v) is 4.57. The van der Waals surface area contributed by atoms with Gasteiger partial charge in [0.15, 0.2) is 0 Å². The van der Waals surface area contributed by atoms with Gasteiger partial charge in [-0.3, -0.25) is 4.79 Å². The quantitative estimate of drug-likeness (QED) is 0.907. The molecule has 1 aliphatic heterocycles. The molecular formula is C17H27ClN2O. The molecule has 0 radical (unpaired) electrons. The van der Waals surface area contributed by atoms with Crippen molar-refractivity contribution in [3.63, 3.8) is 0 Å². The van der Waals surface area contributed by atoms with Gasteiger partial charge >= 0.3 is 0 Å². The number of rotatable bonds is 5. The summed E-state index contributed by atoms with van der Waals surface area (Å²) in [6.07, 6.45) is 0.915. The maximum absolute atomic E-state index is 12.5. The van der Waals surface area contributed by atoms with Crippen molar-refractivity contribution < 1.29 is 4.79 Å². The van der Waals surface area contributed by atoms with Gasteiger partial charge in [0.05, 0.1) is 0 Å². The van der Waals surface area contributed by atoms with Crippen molar-refractivity contribution in [3.8, 4) is 0 Å². The first-order valence-corrected chi connectivity index (χ1v) is 7.52. The smallest absolute Gasteiger partial charge is 0.225 e. The molecule has 0 aromatic heterocycles. The summed E-state index contributed by atoms with van der Waals surface area (Å²) in [6.45, 7) is 8.24. The van der Waals surface area contributed by atoms with Crippen LogP contribution in [0.3, 0.4) is 0 Å². The van der Waals surface area contributed by atoms with E-state index in [-0.39, 0.29) is 30.3 Å². The van der Waals surface area contributed by atoms with Crippen LogP contribution in [-0.4, -0.2) is 37.0 Å². The minimum Gasteiger partial charge on any atom is -0.342 e. The Balaban J connectivity index is 0.00000220. The molecular weight excluding hydrogens is 284 g/mol. The van der Waals surface area contributed by atoms with Crippen molar-refractivity contribution in [2.75, 3.05) is 20.1 Å². The highest BCUT2D eigenvalue weighted by Gasteiger charge is 2.31. The van der Waals surface area contributed by atoms with Crippen molar-refractivity contribution in [1.29, 1.82) is 0 Å². The van der Waals surface area contributed by atoms with Crippen molar-refractivity contribution in [1.82, 2.24) is 10.2 Å². The van der Waals surface area contributed by atoms with Crippen LogP contribution in [-0.2, 0) is 11.2 Å². The Bertz CT molecular complexity index is 456. The topological polar surface area (TPSA) is 32.3 Å². The van der Waals surface area contributed by atoms with Crippen LogP contribution in [0.4, 0.5) is 0 Å². The van der Waals surface area contributed by atoms with E-state index in [9.17, 15) is 4.79 Å². The van der Waals surface area contributed by atoms with Gasteiger partial charge in [0.25, 0.3) is 0 Å². The molecule has 1 aliphatic rings. The van der Waals surface area contributed by atoms with E-state index in [2.05, 4.69) is 50.4 Å². The first kappa shape index (κ1) is 18.0. The average Bonchev–Trinajstić information content (AvgIpc) is 2.37. The van der Waals surface area contributed by atoms with Crippen LogP contribution in [0.15, 0.2) is 24.3 Å². The Morgan fingerprint density at radius 2 is 1.86 bits per heavy atom. The molecule has 21 heavy (non-hydrogen) atoms. The number of halogens is 1. The van der Waals surface area contributed by atoms with Crippen molar-refractivity contribution >= 4 is 18.3 Å². The molecule has 1 heterocycles. The molecule has 0 saturated carbocycles. The van der Waals surface area contributed by atoms with E-state index in [1.807, 2.05) is 11.9 Å². The van der Waals surface area contributed by atoms with Crippen molar-refractivity contribution in [2.24, 2.45) is 11.8 Å². The molecule has 0 spiro atoms. The maximum Gasteiger partial charge on any atom is 0.225 e. The zero-order valence-corrected chi connectivity index (χ0v) is 14.2. The minimum atomic E-state index is 0. The highest BCUT2D eigenvalue weighted by atomic mass is 35.5. The predicted octanol–water partition coefficient (Wildman–Crippen LogP) is 2.66. The largest absolute Gasteiger partial charge is 0.342 e. The summed E-state index contributed by atoms with van der Waals surface area (Å²) < 4.78 is 0. The van der Waals surface area contributed by atoms with E-state index >= 15 is 0 Å². The molecule has 0 aliphatic carbocycles. The summed E-state index contributed by atoms with van der Waals surface area (Å²) in [5.41, 5.74) is 2.57. The van der Waals surface area contributed by atoms with E-state index in [4.69, 9.17) is 0 Å². The van der Waals surface area contributed by atoms with Crippen LogP contribution >= 0.6 is 12.4 Å². The molecule has 0 bridgehead atoms. The van der Waals surface area contributed by atoms with Crippen LogP contribution in [0.2, 0.25) is 0 Å². The van der Waals surface area contributed by atoms with Gasteiger partial charge in [-0.25, -0.2) is 0 Å². The fourth-order valence-electron chi connectivity index (χ4n) is 2.61. The molecule has 1 amide bonds. The summed E-state index contributed by atoms with van der Waals surface area (Å²) in [5, 5.41) is 3.24. The summed E-state index contributed by atoms with van der Waals surface area (Å²) in [4.78, 5) is 14.4. The maximum atomic E-state index is 12.5. The number of nitrogens with zero attached hydrogens (tertiary/aromatic N) is 1. The van der Waals surface area contributed by atoms with Crippen LogP contribution in [0, 0.1) is 18.8 Å². The van der Waals surface area contributed by atoms with E-state index in [0.717, 1.165) is 19.5 Å². The second-order valence-electron chi connectivity index (χ2n) is 6.19. The molecule has 1 fully saturated rings. The summed E-state index contributed by atoms with van der Waals surface area (Å²) in [7, 11) is 1.93. The Labute approximate surface area is 134 Å². The van der Waals surface area contributed by atoms with Gasteiger partial charge in [-0.2, -0.15) is 0 Å². The number of amides is 1. The second-order valence-corrected chi connectivity index (χ2v) is 6.19. The van der Waals surface area contributed by atoms with Gasteiger partial charge in [0.1, 0.15) is 0 Å². The summed E-state index contributed by atoms with van der Waals surface area (Å²) in [5.74, 6) is 0.911. The highest BCUT2D eigenvalue weighted by molar-refractivity contribution is 5.85. The molecule has 2 unspecified atom stereocenters.